The predicted molar refractivity (Wildman–Crippen MR) is 62.0 cm³/mol. The smallest absolute Gasteiger partial charge is 0.0991 e. The Morgan fingerprint density at radius 2 is 2.00 bits per heavy atom. The number of benzene rings is 1. The molecule has 82 valence electrons. The Kier molecular flexibility index (Phi) is 7.65. The van der Waals surface area contributed by atoms with E-state index in [0.29, 0.717) is 5.56 Å². The summed E-state index contributed by atoms with van der Waals surface area (Å²) >= 11 is 0. The van der Waals surface area contributed by atoms with Crippen molar-refractivity contribution in [1.29, 1.82) is 5.26 Å². The van der Waals surface area contributed by atoms with Crippen LogP contribution in [0.1, 0.15) is 11.1 Å². The predicted octanol–water partition coefficient (Wildman–Crippen LogP) is 1.72. The molecule has 0 fully saturated rings. The van der Waals surface area contributed by atoms with E-state index in [2.05, 4.69) is 11.4 Å². The average molecular weight is 227 g/mol. The minimum absolute atomic E-state index is 0. The van der Waals surface area contributed by atoms with Crippen molar-refractivity contribution in [2.45, 2.75) is 6.54 Å². The standard InChI is InChI=1S/C11H14N2O.ClH/c1-14-7-6-13-9-11-4-2-10(8-12)3-5-11;/h2-5,13H,6-7,9H2,1H3;1H. The number of ether oxygens (including phenoxy) is 1. The van der Waals surface area contributed by atoms with Crippen molar-refractivity contribution in [2.75, 3.05) is 20.3 Å². The van der Waals surface area contributed by atoms with Crippen molar-refractivity contribution in [2.24, 2.45) is 0 Å². The fraction of sp³-hybridized carbons (Fsp3) is 0.364. The van der Waals surface area contributed by atoms with Crippen LogP contribution in [0.25, 0.3) is 0 Å². The zero-order valence-electron chi connectivity index (χ0n) is 8.69. The van der Waals surface area contributed by atoms with Crippen LogP contribution in [-0.4, -0.2) is 20.3 Å². The molecule has 0 aliphatic heterocycles. The van der Waals surface area contributed by atoms with Gasteiger partial charge in [0.1, 0.15) is 0 Å². The van der Waals surface area contributed by atoms with Gasteiger partial charge in [0.05, 0.1) is 18.2 Å². The van der Waals surface area contributed by atoms with Gasteiger partial charge in [-0.2, -0.15) is 5.26 Å². The Bertz CT molecular complexity index is 305. The number of nitriles is 1. The van der Waals surface area contributed by atoms with Crippen molar-refractivity contribution < 1.29 is 4.74 Å². The fourth-order valence-electron chi connectivity index (χ4n) is 1.10. The van der Waals surface area contributed by atoms with Gasteiger partial charge in [-0.15, -0.1) is 12.4 Å². The van der Waals surface area contributed by atoms with Gasteiger partial charge in [0.25, 0.3) is 0 Å². The van der Waals surface area contributed by atoms with E-state index < -0.39 is 0 Å². The van der Waals surface area contributed by atoms with Gasteiger partial charge in [-0.3, -0.25) is 0 Å². The lowest BCUT2D eigenvalue weighted by molar-refractivity contribution is 0.199. The van der Waals surface area contributed by atoms with Gasteiger partial charge in [0.15, 0.2) is 0 Å². The molecule has 1 aromatic rings. The van der Waals surface area contributed by atoms with E-state index in [4.69, 9.17) is 10.00 Å². The fourth-order valence-corrected chi connectivity index (χ4v) is 1.10. The van der Waals surface area contributed by atoms with Gasteiger partial charge in [0, 0.05) is 20.2 Å². The second kappa shape index (κ2) is 8.25. The molecule has 1 N–H and O–H groups in total. The quantitative estimate of drug-likeness (QED) is 0.778. The maximum Gasteiger partial charge on any atom is 0.0991 e. The maximum atomic E-state index is 8.59. The third-order valence-electron chi connectivity index (χ3n) is 1.90. The van der Waals surface area contributed by atoms with Crippen molar-refractivity contribution in [3.05, 3.63) is 35.4 Å². The van der Waals surface area contributed by atoms with Crippen molar-refractivity contribution in [3.8, 4) is 6.07 Å². The van der Waals surface area contributed by atoms with Crippen LogP contribution in [0.2, 0.25) is 0 Å². The third kappa shape index (κ3) is 5.38. The molecule has 0 aliphatic rings. The SMILES string of the molecule is COCCNCc1ccc(C#N)cc1.Cl. The Hall–Kier alpha value is -1.08. The van der Waals surface area contributed by atoms with E-state index in [1.165, 1.54) is 5.56 Å². The molecule has 0 radical (unpaired) electrons. The molecule has 1 rings (SSSR count). The summed E-state index contributed by atoms with van der Waals surface area (Å²) in [6.07, 6.45) is 0. The molecule has 0 aliphatic carbocycles. The first-order chi connectivity index (χ1) is 6.86. The highest BCUT2D eigenvalue weighted by Gasteiger charge is 1.93. The van der Waals surface area contributed by atoms with Crippen molar-refractivity contribution in [3.63, 3.8) is 0 Å². The molecule has 0 unspecified atom stereocenters. The summed E-state index contributed by atoms with van der Waals surface area (Å²) in [6.45, 7) is 2.38. The average Bonchev–Trinajstić information content (AvgIpc) is 2.25. The van der Waals surface area contributed by atoms with Crippen molar-refractivity contribution in [1.82, 2.24) is 5.32 Å². The van der Waals surface area contributed by atoms with E-state index in [1.807, 2.05) is 24.3 Å². The highest BCUT2D eigenvalue weighted by Crippen LogP contribution is 2.02. The number of nitrogens with one attached hydrogen (secondary N) is 1. The summed E-state index contributed by atoms with van der Waals surface area (Å²) < 4.78 is 4.91. The number of hydrogen-bond acceptors (Lipinski definition) is 3. The maximum absolute atomic E-state index is 8.59. The number of methoxy groups -OCH3 is 1. The van der Waals surface area contributed by atoms with Gasteiger partial charge in [-0.1, -0.05) is 12.1 Å². The van der Waals surface area contributed by atoms with Crippen LogP contribution >= 0.6 is 12.4 Å². The first-order valence-electron chi connectivity index (χ1n) is 4.55. The third-order valence-corrected chi connectivity index (χ3v) is 1.90. The highest BCUT2D eigenvalue weighted by molar-refractivity contribution is 5.85. The zero-order chi connectivity index (χ0) is 10.2. The Morgan fingerprint density at radius 1 is 1.33 bits per heavy atom. The Balaban J connectivity index is 0.00000196. The number of rotatable bonds is 5. The minimum atomic E-state index is 0. The van der Waals surface area contributed by atoms with Gasteiger partial charge in [-0.05, 0) is 17.7 Å². The topological polar surface area (TPSA) is 45.0 Å². The second-order valence-corrected chi connectivity index (χ2v) is 2.98. The minimum Gasteiger partial charge on any atom is -0.383 e. The first-order valence-corrected chi connectivity index (χ1v) is 4.55. The lowest BCUT2D eigenvalue weighted by atomic mass is 10.1. The van der Waals surface area contributed by atoms with Crippen LogP contribution in [0.5, 0.6) is 0 Å². The molecule has 3 nitrogen and oxygen atoms in total. The molecule has 0 saturated carbocycles. The van der Waals surface area contributed by atoms with Crippen LogP contribution in [-0.2, 0) is 11.3 Å². The molecule has 0 heterocycles. The monoisotopic (exact) mass is 226 g/mol. The van der Waals surface area contributed by atoms with E-state index in [9.17, 15) is 0 Å². The molecule has 0 bridgehead atoms. The summed E-state index contributed by atoms with van der Waals surface area (Å²) in [7, 11) is 1.68. The van der Waals surface area contributed by atoms with E-state index in [0.717, 1.165) is 19.7 Å². The first kappa shape index (κ1) is 13.9. The number of nitrogens with zero attached hydrogens (tertiary/aromatic N) is 1. The van der Waals surface area contributed by atoms with Crippen LogP contribution in [0, 0.1) is 11.3 Å². The number of hydrogen-bond donors (Lipinski definition) is 1. The molecule has 0 spiro atoms. The second-order valence-electron chi connectivity index (χ2n) is 2.98. The molecule has 1 aromatic carbocycles. The lowest BCUT2D eigenvalue weighted by Gasteiger charge is -2.03. The normalized spacial score (nSPS) is 9.07. The van der Waals surface area contributed by atoms with Gasteiger partial charge in [-0.25, -0.2) is 0 Å². The molecular formula is C11H15ClN2O. The van der Waals surface area contributed by atoms with Gasteiger partial charge >= 0.3 is 0 Å². The van der Waals surface area contributed by atoms with E-state index in [-0.39, 0.29) is 12.4 Å². The van der Waals surface area contributed by atoms with Gasteiger partial charge in [0.2, 0.25) is 0 Å². The molecule has 0 amide bonds. The van der Waals surface area contributed by atoms with E-state index in [1.54, 1.807) is 7.11 Å². The molecule has 0 saturated heterocycles. The summed E-state index contributed by atoms with van der Waals surface area (Å²) in [4.78, 5) is 0. The Labute approximate surface area is 96.5 Å². The molecule has 0 aromatic heterocycles. The van der Waals surface area contributed by atoms with Crippen LogP contribution in [0.15, 0.2) is 24.3 Å². The summed E-state index contributed by atoms with van der Waals surface area (Å²) in [5, 5.41) is 11.8. The molecule has 15 heavy (non-hydrogen) atoms. The van der Waals surface area contributed by atoms with Crippen LogP contribution in [0.4, 0.5) is 0 Å². The lowest BCUT2D eigenvalue weighted by Crippen LogP contribution is -2.18. The van der Waals surface area contributed by atoms with Crippen molar-refractivity contribution >= 4 is 12.4 Å². The molecular weight excluding hydrogens is 212 g/mol. The largest absolute Gasteiger partial charge is 0.383 e. The Morgan fingerprint density at radius 3 is 2.53 bits per heavy atom. The molecule has 0 atom stereocenters. The van der Waals surface area contributed by atoms with E-state index >= 15 is 0 Å². The van der Waals surface area contributed by atoms with Crippen LogP contribution in [0.3, 0.4) is 0 Å². The summed E-state index contributed by atoms with van der Waals surface area (Å²) in [6, 6.07) is 9.66. The highest BCUT2D eigenvalue weighted by atomic mass is 35.5. The summed E-state index contributed by atoms with van der Waals surface area (Å²) in [5.41, 5.74) is 1.88. The van der Waals surface area contributed by atoms with Gasteiger partial charge < -0.3 is 10.1 Å². The summed E-state index contributed by atoms with van der Waals surface area (Å²) in [5.74, 6) is 0. The molecule has 4 heteroatoms. The van der Waals surface area contributed by atoms with Crippen LogP contribution < -0.4 is 5.32 Å². The zero-order valence-corrected chi connectivity index (χ0v) is 9.51. The number of halogens is 1.